The summed E-state index contributed by atoms with van der Waals surface area (Å²) >= 11 is 0. The summed E-state index contributed by atoms with van der Waals surface area (Å²) in [4.78, 5) is 29.7. The number of hydrogen-bond donors (Lipinski definition) is 1. The molecule has 0 radical (unpaired) electrons. The Labute approximate surface area is 158 Å². The molecule has 0 bridgehead atoms. The van der Waals surface area contributed by atoms with E-state index in [2.05, 4.69) is 4.98 Å². The molecule has 8 heteroatoms. The van der Waals surface area contributed by atoms with Crippen LogP contribution in [0.1, 0.15) is 27.2 Å². The number of benzene rings is 1. The van der Waals surface area contributed by atoms with Gasteiger partial charge in [0.1, 0.15) is 17.7 Å². The fourth-order valence-electron chi connectivity index (χ4n) is 3.18. The number of aromatic nitrogens is 1. The Balaban J connectivity index is 1.83. The number of rotatable bonds is 3. The molecule has 2 heterocycles. The molecule has 1 amide bonds. The molecule has 7 nitrogen and oxygen atoms in total. The number of hydrogen-bond acceptors (Lipinski definition) is 5. The van der Waals surface area contributed by atoms with Crippen LogP contribution in [0.25, 0.3) is 10.8 Å². The van der Waals surface area contributed by atoms with Crippen LogP contribution in [0.4, 0.5) is 4.79 Å². The Morgan fingerprint density at radius 2 is 2.00 bits per heavy atom. The van der Waals surface area contributed by atoms with Gasteiger partial charge in [-0.15, -0.1) is 0 Å². The van der Waals surface area contributed by atoms with E-state index in [0.717, 1.165) is 16.4 Å². The molecule has 2 aromatic rings. The molecule has 27 heavy (non-hydrogen) atoms. The smallest absolute Gasteiger partial charge is 0.411 e. The molecule has 3 rings (SSSR count). The van der Waals surface area contributed by atoms with Gasteiger partial charge in [-0.2, -0.15) is 0 Å². The number of nitrogens with zero attached hydrogens (tertiary/aromatic N) is 2. The SMILES string of the molecule is Bc1cc2ccccc2c(O[C@@H]2C[C@@H](C(=O)O)N(C(=O)OC(C)(C)C)C2)n1. The number of likely N-dealkylation sites (tertiary alicyclic amines) is 1. The first kappa shape index (κ1) is 19.0. The molecule has 1 N–H and O–H groups in total. The van der Waals surface area contributed by atoms with Gasteiger partial charge in [-0.1, -0.05) is 18.2 Å². The molecule has 0 saturated carbocycles. The summed E-state index contributed by atoms with van der Waals surface area (Å²) in [6.07, 6.45) is -0.946. The quantitative estimate of drug-likeness (QED) is 0.821. The number of pyridine rings is 1. The van der Waals surface area contributed by atoms with Crippen LogP contribution in [0.2, 0.25) is 0 Å². The van der Waals surface area contributed by atoms with Crippen molar-refractivity contribution in [3.05, 3.63) is 30.3 Å². The Kier molecular flexibility index (Phi) is 5.00. The number of fused-ring (bicyclic) bond motifs is 1. The first-order chi connectivity index (χ1) is 12.6. The Bertz CT molecular complexity index is 880. The van der Waals surface area contributed by atoms with Gasteiger partial charge in [0.05, 0.1) is 6.54 Å². The van der Waals surface area contributed by atoms with Crippen LogP contribution >= 0.6 is 0 Å². The summed E-state index contributed by atoms with van der Waals surface area (Å²) in [5, 5.41) is 11.4. The van der Waals surface area contributed by atoms with E-state index in [9.17, 15) is 14.7 Å². The monoisotopic (exact) mass is 370 g/mol. The minimum atomic E-state index is -1.07. The maximum Gasteiger partial charge on any atom is 0.411 e. The van der Waals surface area contributed by atoms with Crippen LogP contribution in [0.3, 0.4) is 0 Å². The van der Waals surface area contributed by atoms with Gasteiger partial charge in [-0.05, 0) is 43.9 Å². The van der Waals surface area contributed by atoms with Crippen LogP contribution in [0.15, 0.2) is 30.3 Å². The third-order valence-electron chi connectivity index (χ3n) is 4.29. The maximum atomic E-state index is 12.4. The molecule has 1 aliphatic rings. The van der Waals surface area contributed by atoms with Gasteiger partial charge < -0.3 is 14.6 Å². The lowest BCUT2D eigenvalue weighted by Gasteiger charge is -2.26. The average Bonchev–Trinajstić information content (AvgIpc) is 2.97. The highest BCUT2D eigenvalue weighted by atomic mass is 16.6. The highest BCUT2D eigenvalue weighted by molar-refractivity contribution is 6.31. The average molecular weight is 370 g/mol. The number of carboxylic acids is 1. The second kappa shape index (κ2) is 7.10. The van der Waals surface area contributed by atoms with Crippen LogP contribution in [0.5, 0.6) is 5.88 Å². The van der Waals surface area contributed by atoms with E-state index >= 15 is 0 Å². The van der Waals surface area contributed by atoms with Crippen molar-refractivity contribution in [3.8, 4) is 5.88 Å². The molecule has 0 unspecified atom stereocenters. The van der Waals surface area contributed by atoms with Gasteiger partial charge in [-0.25, -0.2) is 14.6 Å². The van der Waals surface area contributed by atoms with Crippen LogP contribution in [-0.2, 0) is 9.53 Å². The molecule has 1 fully saturated rings. The van der Waals surface area contributed by atoms with Crippen molar-refractivity contribution < 1.29 is 24.2 Å². The fourth-order valence-corrected chi connectivity index (χ4v) is 3.18. The topological polar surface area (TPSA) is 89.0 Å². The van der Waals surface area contributed by atoms with Gasteiger partial charge in [0.15, 0.2) is 7.85 Å². The van der Waals surface area contributed by atoms with Crippen LogP contribution < -0.4 is 10.3 Å². The number of carbonyl (C=O) groups is 2. The third-order valence-corrected chi connectivity index (χ3v) is 4.29. The van der Waals surface area contributed by atoms with Crippen molar-refractivity contribution >= 4 is 36.3 Å². The molecular formula is C19H23BN2O5. The van der Waals surface area contributed by atoms with Crippen molar-refractivity contribution in [2.45, 2.75) is 44.9 Å². The molecule has 1 saturated heterocycles. The van der Waals surface area contributed by atoms with E-state index in [1.807, 2.05) is 38.2 Å². The summed E-state index contributed by atoms with van der Waals surface area (Å²) in [5.74, 6) is -0.625. The van der Waals surface area contributed by atoms with Crippen LogP contribution in [0, 0.1) is 0 Å². The van der Waals surface area contributed by atoms with Crippen molar-refractivity contribution in [1.82, 2.24) is 9.88 Å². The van der Waals surface area contributed by atoms with E-state index in [4.69, 9.17) is 9.47 Å². The van der Waals surface area contributed by atoms with E-state index < -0.39 is 29.8 Å². The Morgan fingerprint density at radius 1 is 1.30 bits per heavy atom. The zero-order valence-corrected chi connectivity index (χ0v) is 15.9. The van der Waals surface area contributed by atoms with Gasteiger partial charge in [0.2, 0.25) is 5.88 Å². The summed E-state index contributed by atoms with van der Waals surface area (Å²) in [6, 6.07) is 8.69. The lowest BCUT2D eigenvalue weighted by atomic mass is 10.0. The van der Waals surface area contributed by atoms with Crippen LogP contribution in [-0.4, -0.2) is 59.2 Å². The van der Waals surface area contributed by atoms with Gasteiger partial charge in [0.25, 0.3) is 0 Å². The van der Waals surface area contributed by atoms with Crippen molar-refractivity contribution in [2.24, 2.45) is 0 Å². The second-order valence-electron chi connectivity index (χ2n) is 7.75. The van der Waals surface area contributed by atoms with Crippen molar-refractivity contribution in [2.75, 3.05) is 6.54 Å². The zero-order valence-electron chi connectivity index (χ0n) is 15.9. The predicted octanol–water partition coefficient (Wildman–Crippen LogP) is 1.33. The molecule has 1 aliphatic heterocycles. The predicted molar refractivity (Wildman–Crippen MR) is 103 cm³/mol. The van der Waals surface area contributed by atoms with Gasteiger partial charge in [-0.3, -0.25) is 4.90 Å². The Hall–Kier alpha value is -2.77. The molecular weight excluding hydrogens is 347 g/mol. The lowest BCUT2D eigenvalue weighted by Crippen LogP contribution is -2.43. The summed E-state index contributed by atoms with van der Waals surface area (Å²) in [6.45, 7) is 5.37. The summed E-state index contributed by atoms with van der Waals surface area (Å²) < 4.78 is 11.4. The normalized spacial score (nSPS) is 19.9. The third kappa shape index (κ3) is 4.32. The van der Waals surface area contributed by atoms with E-state index in [1.54, 1.807) is 20.8 Å². The standard InChI is InChI=1S/C19H23BN2O5/c1-19(2,3)27-18(25)22-10-12(9-14(22)17(23)24)26-16-13-7-5-4-6-11(13)8-15(20)21-16/h4-8,12,14H,9-10,20H2,1-3H3,(H,23,24)/t12-,14+/m1/s1. The zero-order chi connectivity index (χ0) is 19.8. The summed E-state index contributed by atoms with van der Waals surface area (Å²) in [5.41, 5.74) is 0.105. The number of carboxylic acid groups (broad SMARTS) is 1. The Morgan fingerprint density at radius 3 is 2.67 bits per heavy atom. The minimum absolute atomic E-state index is 0.135. The highest BCUT2D eigenvalue weighted by Gasteiger charge is 2.43. The van der Waals surface area contributed by atoms with Gasteiger partial charge >= 0.3 is 12.1 Å². The van der Waals surface area contributed by atoms with Crippen molar-refractivity contribution in [3.63, 3.8) is 0 Å². The molecule has 1 aromatic carbocycles. The molecule has 142 valence electrons. The van der Waals surface area contributed by atoms with Gasteiger partial charge in [0, 0.05) is 11.8 Å². The largest absolute Gasteiger partial charge is 0.480 e. The number of amides is 1. The minimum Gasteiger partial charge on any atom is -0.480 e. The molecule has 0 aliphatic carbocycles. The first-order valence-corrected chi connectivity index (χ1v) is 8.89. The fraction of sp³-hybridized carbons (Fsp3) is 0.421. The molecule has 1 aromatic heterocycles. The lowest BCUT2D eigenvalue weighted by molar-refractivity contribution is -0.142. The van der Waals surface area contributed by atoms with E-state index in [0.29, 0.717) is 5.88 Å². The first-order valence-electron chi connectivity index (χ1n) is 8.89. The summed E-state index contributed by atoms with van der Waals surface area (Å²) in [7, 11) is 1.88. The van der Waals surface area contributed by atoms with E-state index in [-0.39, 0.29) is 13.0 Å². The number of carbonyl (C=O) groups excluding carboxylic acids is 1. The van der Waals surface area contributed by atoms with E-state index in [1.165, 1.54) is 4.90 Å². The molecule has 2 atom stereocenters. The highest BCUT2D eigenvalue weighted by Crippen LogP contribution is 2.28. The molecule has 0 spiro atoms. The van der Waals surface area contributed by atoms with Crippen molar-refractivity contribution in [1.29, 1.82) is 0 Å². The second-order valence-corrected chi connectivity index (χ2v) is 7.75. The number of aliphatic carboxylic acids is 1. The maximum absolute atomic E-state index is 12.4. The number of ether oxygens (including phenoxy) is 2.